The highest BCUT2D eigenvalue weighted by molar-refractivity contribution is 5.39. The fourth-order valence-electron chi connectivity index (χ4n) is 2.77. The van der Waals surface area contributed by atoms with Crippen molar-refractivity contribution in [2.75, 3.05) is 0 Å². The zero-order chi connectivity index (χ0) is 12.4. The van der Waals surface area contributed by atoms with E-state index in [9.17, 15) is 0 Å². The Hall–Kier alpha value is -1.76. The predicted molar refractivity (Wildman–Crippen MR) is 73.9 cm³/mol. The molecular formula is C17H18O. The fourth-order valence-corrected chi connectivity index (χ4v) is 2.77. The van der Waals surface area contributed by atoms with E-state index < -0.39 is 0 Å². The van der Waals surface area contributed by atoms with Gasteiger partial charge in [0.2, 0.25) is 0 Å². The summed E-state index contributed by atoms with van der Waals surface area (Å²) in [4.78, 5) is 0. The first-order valence-corrected chi connectivity index (χ1v) is 6.69. The average molecular weight is 238 g/mol. The molecule has 0 bridgehead atoms. The van der Waals surface area contributed by atoms with Gasteiger partial charge in [0, 0.05) is 0 Å². The van der Waals surface area contributed by atoms with Crippen LogP contribution in [0.5, 0.6) is 5.75 Å². The summed E-state index contributed by atoms with van der Waals surface area (Å²) < 4.78 is 6.15. The minimum Gasteiger partial charge on any atom is -0.485 e. The van der Waals surface area contributed by atoms with E-state index in [2.05, 4.69) is 61.5 Å². The molecule has 0 saturated carbocycles. The van der Waals surface area contributed by atoms with E-state index in [1.165, 1.54) is 17.5 Å². The summed E-state index contributed by atoms with van der Waals surface area (Å²) in [6.07, 6.45) is 2.45. The molecule has 0 aliphatic carbocycles. The maximum absolute atomic E-state index is 6.15. The molecule has 0 spiro atoms. The Morgan fingerprint density at radius 3 is 2.50 bits per heavy atom. The van der Waals surface area contributed by atoms with E-state index >= 15 is 0 Å². The third-order valence-corrected chi connectivity index (χ3v) is 3.79. The van der Waals surface area contributed by atoms with Crippen molar-refractivity contribution in [1.29, 1.82) is 0 Å². The first-order chi connectivity index (χ1) is 8.88. The molecule has 2 aromatic rings. The number of fused-ring (bicyclic) bond motifs is 1. The Kier molecular flexibility index (Phi) is 3.06. The van der Waals surface area contributed by atoms with Crippen molar-refractivity contribution in [2.45, 2.75) is 31.8 Å². The highest BCUT2D eigenvalue weighted by atomic mass is 16.5. The monoisotopic (exact) mass is 238 g/mol. The highest BCUT2D eigenvalue weighted by Crippen LogP contribution is 2.43. The molecule has 1 aliphatic heterocycles. The lowest BCUT2D eigenvalue weighted by molar-refractivity contribution is 0.159. The Balaban J connectivity index is 1.95. The van der Waals surface area contributed by atoms with Gasteiger partial charge in [0.1, 0.15) is 11.9 Å². The molecule has 2 atom stereocenters. The van der Waals surface area contributed by atoms with Gasteiger partial charge in [0.25, 0.3) is 0 Å². The lowest BCUT2D eigenvalue weighted by Crippen LogP contribution is -2.18. The van der Waals surface area contributed by atoms with Crippen LogP contribution < -0.4 is 4.74 Å². The minimum atomic E-state index is 0.200. The van der Waals surface area contributed by atoms with E-state index in [0.717, 1.165) is 12.2 Å². The summed E-state index contributed by atoms with van der Waals surface area (Å²) in [7, 11) is 0. The summed E-state index contributed by atoms with van der Waals surface area (Å²) in [6.45, 7) is 2.26. The number of benzene rings is 2. The number of rotatable bonds is 2. The zero-order valence-electron chi connectivity index (χ0n) is 10.7. The van der Waals surface area contributed by atoms with Crippen LogP contribution in [0.3, 0.4) is 0 Å². The lowest BCUT2D eigenvalue weighted by atomic mass is 9.86. The van der Waals surface area contributed by atoms with Crippen LogP contribution in [0, 0.1) is 0 Å². The zero-order valence-corrected chi connectivity index (χ0v) is 10.7. The van der Waals surface area contributed by atoms with Gasteiger partial charge in [-0.3, -0.25) is 0 Å². The van der Waals surface area contributed by atoms with Crippen LogP contribution in [-0.2, 0) is 0 Å². The highest BCUT2D eigenvalue weighted by Gasteiger charge is 2.27. The van der Waals surface area contributed by atoms with Gasteiger partial charge in [0.05, 0.1) is 0 Å². The summed E-state index contributed by atoms with van der Waals surface area (Å²) >= 11 is 0. The predicted octanol–water partition coefficient (Wildman–Crippen LogP) is 4.70. The van der Waals surface area contributed by atoms with Gasteiger partial charge < -0.3 is 4.74 Å². The number of para-hydroxylation sites is 1. The van der Waals surface area contributed by atoms with Crippen molar-refractivity contribution < 1.29 is 4.74 Å². The number of hydrogen-bond acceptors (Lipinski definition) is 1. The summed E-state index contributed by atoms with van der Waals surface area (Å²) in [5, 5.41) is 0. The minimum absolute atomic E-state index is 0.200. The van der Waals surface area contributed by atoms with Crippen molar-refractivity contribution in [1.82, 2.24) is 0 Å². The molecule has 0 aromatic heterocycles. The van der Waals surface area contributed by atoms with Crippen LogP contribution in [0.15, 0.2) is 54.6 Å². The van der Waals surface area contributed by atoms with E-state index in [0.29, 0.717) is 5.92 Å². The van der Waals surface area contributed by atoms with Gasteiger partial charge in [-0.2, -0.15) is 0 Å². The number of hydrogen-bond donors (Lipinski definition) is 0. The Morgan fingerprint density at radius 2 is 1.72 bits per heavy atom. The van der Waals surface area contributed by atoms with E-state index in [1.54, 1.807) is 0 Å². The van der Waals surface area contributed by atoms with Gasteiger partial charge >= 0.3 is 0 Å². The van der Waals surface area contributed by atoms with Crippen LogP contribution in [0.4, 0.5) is 0 Å². The lowest BCUT2D eigenvalue weighted by Gasteiger charge is -2.32. The largest absolute Gasteiger partial charge is 0.485 e. The SMILES string of the molecule is CC[C@H]1C[C@@H](c2ccccc2)Oc2ccccc21. The second-order valence-corrected chi connectivity index (χ2v) is 4.90. The summed E-state index contributed by atoms with van der Waals surface area (Å²) in [5.74, 6) is 1.67. The maximum atomic E-state index is 6.15. The summed E-state index contributed by atoms with van der Waals surface area (Å²) in [6, 6.07) is 19.0. The standard InChI is InChI=1S/C17H18O/c1-2-13-12-17(14-8-4-3-5-9-14)18-16-11-7-6-10-15(13)16/h3-11,13,17H,2,12H2,1H3/t13-,17-/m0/s1. The van der Waals surface area contributed by atoms with Crippen molar-refractivity contribution in [3.63, 3.8) is 0 Å². The molecule has 18 heavy (non-hydrogen) atoms. The van der Waals surface area contributed by atoms with Gasteiger partial charge in [0.15, 0.2) is 0 Å². The van der Waals surface area contributed by atoms with Crippen LogP contribution in [0.25, 0.3) is 0 Å². The van der Waals surface area contributed by atoms with Crippen LogP contribution >= 0.6 is 0 Å². The third kappa shape index (κ3) is 2.01. The molecule has 2 aromatic carbocycles. The molecule has 1 heterocycles. The van der Waals surface area contributed by atoms with Crippen LogP contribution in [0.1, 0.15) is 42.9 Å². The molecule has 0 N–H and O–H groups in total. The van der Waals surface area contributed by atoms with Gasteiger partial charge in [-0.05, 0) is 36.0 Å². The molecule has 1 nitrogen and oxygen atoms in total. The Labute approximate surface area is 108 Å². The Bertz CT molecular complexity index is 518. The van der Waals surface area contributed by atoms with E-state index in [1.807, 2.05) is 0 Å². The molecule has 0 radical (unpaired) electrons. The maximum Gasteiger partial charge on any atom is 0.124 e. The molecule has 1 aliphatic rings. The van der Waals surface area contributed by atoms with Crippen molar-refractivity contribution >= 4 is 0 Å². The van der Waals surface area contributed by atoms with E-state index in [4.69, 9.17) is 4.74 Å². The fraction of sp³-hybridized carbons (Fsp3) is 0.294. The quantitative estimate of drug-likeness (QED) is 0.736. The molecule has 1 heteroatoms. The van der Waals surface area contributed by atoms with Crippen molar-refractivity contribution in [2.24, 2.45) is 0 Å². The molecule has 0 saturated heterocycles. The molecule has 92 valence electrons. The first-order valence-electron chi connectivity index (χ1n) is 6.69. The third-order valence-electron chi connectivity index (χ3n) is 3.79. The van der Waals surface area contributed by atoms with Crippen LogP contribution in [-0.4, -0.2) is 0 Å². The van der Waals surface area contributed by atoms with Gasteiger partial charge in [-0.1, -0.05) is 55.5 Å². The molecule has 3 rings (SSSR count). The number of ether oxygens (including phenoxy) is 1. The molecule has 0 unspecified atom stereocenters. The van der Waals surface area contributed by atoms with Crippen molar-refractivity contribution in [3.05, 3.63) is 65.7 Å². The topological polar surface area (TPSA) is 9.23 Å². The second kappa shape index (κ2) is 4.85. The van der Waals surface area contributed by atoms with Crippen molar-refractivity contribution in [3.8, 4) is 5.75 Å². The van der Waals surface area contributed by atoms with Gasteiger partial charge in [-0.25, -0.2) is 0 Å². The second-order valence-electron chi connectivity index (χ2n) is 4.90. The first kappa shape index (κ1) is 11.3. The van der Waals surface area contributed by atoms with Gasteiger partial charge in [-0.15, -0.1) is 0 Å². The smallest absolute Gasteiger partial charge is 0.124 e. The molecule has 0 fully saturated rings. The summed E-state index contributed by atoms with van der Waals surface area (Å²) in [5.41, 5.74) is 2.65. The molecular weight excluding hydrogens is 220 g/mol. The average Bonchev–Trinajstić information content (AvgIpc) is 2.47. The van der Waals surface area contributed by atoms with E-state index in [-0.39, 0.29) is 6.10 Å². The van der Waals surface area contributed by atoms with Crippen LogP contribution in [0.2, 0.25) is 0 Å². The molecule has 0 amide bonds. The Morgan fingerprint density at radius 1 is 1.00 bits per heavy atom. The normalized spacial score (nSPS) is 22.1.